The summed E-state index contributed by atoms with van der Waals surface area (Å²) in [5.74, 6) is 1.69. The van der Waals surface area contributed by atoms with Gasteiger partial charge >= 0.3 is 5.16 Å². The second kappa shape index (κ2) is 7.47. The first-order valence-electron chi connectivity index (χ1n) is 8.19. The van der Waals surface area contributed by atoms with Crippen LogP contribution in [0.3, 0.4) is 0 Å². The zero-order valence-corrected chi connectivity index (χ0v) is 16.5. The molecule has 0 bridgehead atoms. The molecule has 1 heterocycles. The third kappa shape index (κ3) is 3.20. The van der Waals surface area contributed by atoms with Crippen LogP contribution in [0.5, 0.6) is 11.5 Å². The van der Waals surface area contributed by atoms with E-state index in [1.54, 1.807) is 14.2 Å². The lowest BCUT2D eigenvalue weighted by atomic mass is 10.2. The second-order valence-electron chi connectivity index (χ2n) is 6.13. The molecule has 1 unspecified atom stereocenters. The Hall–Kier alpha value is -2.38. The number of para-hydroxylation sites is 1. The normalized spacial score (nSPS) is 12.2. The van der Waals surface area contributed by atoms with E-state index >= 15 is 0 Å². The van der Waals surface area contributed by atoms with Crippen LogP contribution < -0.4 is 14.4 Å². The SMILES string of the molecule is COc1ccc(OC)c2c1nc([S+]([O-])Cc1ccccc1N(C)C)n2C. The van der Waals surface area contributed by atoms with Crippen LogP contribution in [0.25, 0.3) is 11.0 Å². The molecule has 0 aliphatic carbocycles. The predicted octanol–water partition coefficient (Wildman–Crippen LogP) is 2.96. The quantitative estimate of drug-likeness (QED) is 0.622. The van der Waals surface area contributed by atoms with Gasteiger partial charge in [0.2, 0.25) is 0 Å². The largest absolute Gasteiger partial charge is 0.609 e. The van der Waals surface area contributed by atoms with E-state index in [1.807, 2.05) is 67.0 Å². The Bertz CT molecular complexity index is 924. The molecule has 1 atom stereocenters. The highest BCUT2D eigenvalue weighted by molar-refractivity contribution is 7.90. The number of hydrogen-bond donors (Lipinski definition) is 0. The van der Waals surface area contributed by atoms with Crippen molar-refractivity contribution in [2.75, 3.05) is 33.2 Å². The van der Waals surface area contributed by atoms with Crippen molar-refractivity contribution >= 4 is 27.9 Å². The Morgan fingerprint density at radius 1 is 1.08 bits per heavy atom. The predicted molar refractivity (Wildman–Crippen MR) is 105 cm³/mol. The number of imidazole rings is 1. The molecule has 3 aromatic rings. The number of aryl methyl sites for hydroxylation is 1. The first kappa shape index (κ1) is 18.4. The Kier molecular flexibility index (Phi) is 5.29. The fourth-order valence-corrected chi connectivity index (χ4v) is 4.29. The summed E-state index contributed by atoms with van der Waals surface area (Å²) in [4.78, 5) is 6.63. The maximum Gasteiger partial charge on any atom is 0.324 e. The molecule has 2 aromatic carbocycles. The maximum atomic E-state index is 13.1. The van der Waals surface area contributed by atoms with E-state index in [2.05, 4.69) is 4.98 Å². The van der Waals surface area contributed by atoms with Crippen LogP contribution in [0.1, 0.15) is 5.56 Å². The number of ether oxygens (including phenoxy) is 2. The van der Waals surface area contributed by atoms with Crippen LogP contribution in [0.2, 0.25) is 0 Å². The zero-order chi connectivity index (χ0) is 18.8. The van der Waals surface area contributed by atoms with Crippen molar-refractivity contribution in [1.82, 2.24) is 9.55 Å². The van der Waals surface area contributed by atoms with Gasteiger partial charge in [0, 0.05) is 43.6 Å². The number of aromatic nitrogens is 2. The minimum absolute atomic E-state index is 0.385. The van der Waals surface area contributed by atoms with Crippen molar-refractivity contribution < 1.29 is 14.0 Å². The molecule has 3 rings (SSSR count). The van der Waals surface area contributed by atoms with E-state index in [1.165, 1.54) is 0 Å². The first-order chi connectivity index (χ1) is 12.5. The smallest absolute Gasteiger partial charge is 0.324 e. The second-order valence-corrected chi connectivity index (χ2v) is 7.48. The van der Waals surface area contributed by atoms with Crippen LogP contribution in [-0.4, -0.2) is 42.4 Å². The van der Waals surface area contributed by atoms with Crippen LogP contribution in [0.15, 0.2) is 41.6 Å². The summed E-state index contributed by atoms with van der Waals surface area (Å²) in [6.45, 7) is 0. The molecule has 1 aromatic heterocycles. The first-order valence-corrected chi connectivity index (χ1v) is 9.50. The summed E-state index contributed by atoms with van der Waals surface area (Å²) in [6, 6.07) is 11.6. The molecule has 0 radical (unpaired) electrons. The van der Waals surface area contributed by atoms with Gasteiger partial charge in [-0.3, -0.25) is 4.57 Å². The summed E-state index contributed by atoms with van der Waals surface area (Å²) in [5, 5.41) is 0.497. The fraction of sp³-hybridized carbons (Fsp3) is 0.316. The molecule has 7 heteroatoms. The average molecular weight is 373 g/mol. The average Bonchev–Trinajstić information content (AvgIpc) is 2.99. The molecule has 0 N–H and O–H groups in total. The third-order valence-corrected chi connectivity index (χ3v) is 5.66. The number of benzene rings is 2. The molecule has 26 heavy (non-hydrogen) atoms. The van der Waals surface area contributed by atoms with Gasteiger partial charge in [-0.05, 0) is 18.2 Å². The number of fused-ring (bicyclic) bond motifs is 1. The van der Waals surface area contributed by atoms with Crippen LogP contribution in [-0.2, 0) is 24.0 Å². The van der Waals surface area contributed by atoms with Gasteiger partial charge in [0.25, 0.3) is 0 Å². The van der Waals surface area contributed by atoms with Gasteiger partial charge in [0.15, 0.2) is 0 Å². The third-order valence-electron chi connectivity index (χ3n) is 4.31. The molecular weight excluding hydrogens is 350 g/mol. The molecule has 0 spiro atoms. The van der Waals surface area contributed by atoms with E-state index in [-0.39, 0.29) is 0 Å². The Balaban J connectivity index is 2.04. The van der Waals surface area contributed by atoms with Gasteiger partial charge in [0.1, 0.15) is 28.3 Å². The van der Waals surface area contributed by atoms with Gasteiger partial charge in [-0.2, -0.15) is 4.98 Å². The standard InChI is InChI=1S/C19H23N3O3S/c1-21(2)14-9-7-6-8-13(14)12-26(23)19-20-17-15(24-4)10-11-16(25-5)18(17)22(19)3/h6-11H,12H2,1-5H3. The van der Waals surface area contributed by atoms with E-state index in [0.29, 0.717) is 27.9 Å². The van der Waals surface area contributed by atoms with E-state index in [4.69, 9.17) is 9.47 Å². The Morgan fingerprint density at radius 3 is 2.38 bits per heavy atom. The summed E-state index contributed by atoms with van der Waals surface area (Å²) in [7, 11) is 9.01. The minimum Gasteiger partial charge on any atom is -0.609 e. The summed E-state index contributed by atoms with van der Waals surface area (Å²) >= 11 is -1.31. The van der Waals surface area contributed by atoms with E-state index < -0.39 is 11.2 Å². The van der Waals surface area contributed by atoms with Gasteiger partial charge in [-0.1, -0.05) is 18.2 Å². The monoisotopic (exact) mass is 373 g/mol. The highest BCUT2D eigenvalue weighted by Gasteiger charge is 2.25. The van der Waals surface area contributed by atoms with Gasteiger partial charge in [-0.15, -0.1) is 0 Å². The highest BCUT2D eigenvalue weighted by Crippen LogP contribution is 2.35. The van der Waals surface area contributed by atoms with Crippen molar-refractivity contribution in [3.05, 3.63) is 42.0 Å². The lowest BCUT2D eigenvalue weighted by Crippen LogP contribution is -2.15. The molecule has 0 fully saturated rings. The number of hydrogen-bond acceptors (Lipinski definition) is 5. The lowest BCUT2D eigenvalue weighted by Gasteiger charge is -2.18. The topological polar surface area (TPSA) is 62.6 Å². The van der Waals surface area contributed by atoms with E-state index in [9.17, 15) is 4.55 Å². The summed E-state index contributed by atoms with van der Waals surface area (Å²) in [6.07, 6.45) is 0. The van der Waals surface area contributed by atoms with Crippen molar-refractivity contribution in [3.63, 3.8) is 0 Å². The molecule has 0 aliphatic rings. The lowest BCUT2D eigenvalue weighted by molar-refractivity contribution is 0.409. The fourth-order valence-electron chi connectivity index (χ4n) is 3.05. The van der Waals surface area contributed by atoms with Crippen molar-refractivity contribution in [2.45, 2.75) is 10.9 Å². The van der Waals surface area contributed by atoms with Gasteiger partial charge < -0.3 is 18.9 Å². The molecule has 0 aliphatic heterocycles. The maximum absolute atomic E-state index is 13.1. The molecule has 6 nitrogen and oxygen atoms in total. The summed E-state index contributed by atoms with van der Waals surface area (Å²) in [5.41, 5.74) is 3.49. The van der Waals surface area contributed by atoms with Gasteiger partial charge in [-0.25, -0.2) is 0 Å². The number of methoxy groups -OCH3 is 2. The Morgan fingerprint density at radius 2 is 1.73 bits per heavy atom. The van der Waals surface area contributed by atoms with Crippen molar-refractivity contribution in [3.8, 4) is 11.5 Å². The number of anilines is 1. The number of rotatable bonds is 6. The molecule has 138 valence electrons. The molecule has 0 saturated heterocycles. The number of nitrogens with zero attached hydrogens (tertiary/aromatic N) is 3. The Labute approximate surface area is 156 Å². The summed E-state index contributed by atoms with van der Waals surface area (Å²) < 4.78 is 25.8. The molecule has 0 amide bonds. The van der Waals surface area contributed by atoms with Crippen molar-refractivity contribution in [1.29, 1.82) is 0 Å². The van der Waals surface area contributed by atoms with Crippen LogP contribution >= 0.6 is 0 Å². The van der Waals surface area contributed by atoms with E-state index in [0.717, 1.165) is 16.8 Å². The van der Waals surface area contributed by atoms with Crippen LogP contribution in [0.4, 0.5) is 5.69 Å². The molecule has 0 saturated carbocycles. The zero-order valence-electron chi connectivity index (χ0n) is 15.6. The minimum atomic E-state index is -1.31. The van der Waals surface area contributed by atoms with Crippen molar-refractivity contribution in [2.24, 2.45) is 7.05 Å². The molecular formula is C19H23N3O3S. The van der Waals surface area contributed by atoms with Crippen LogP contribution in [0, 0.1) is 0 Å². The highest BCUT2D eigenvalue weighted by atomic mass is 32.2. The van der Waals surface area contributed by atoms with Gasteiger partial charge in [0.05, 0.1) is 14.2 Å².